The Morgan fingerprint density at radius 2 is 1.80 bits per heavy atom. The molecule has 2 aromatic carbocycles. The molecule has 3 N–H and O–H groups in total. The van der Waals surface area contributed by atoms with E-state index in [1.165, 1.54) is 10.8 Å². The van der Waals surface area contributed by atoms with E-state index in [-0.39, 0.29) is 12.6 Å². The van der Waals surface area contributed by atoms with E-state index in [0.717, 1.165) is 5.56 Å². The first-order chi connectivity index (χ1) is 7.33. The number of hydrogen-bond acceptors (Lipinski definition) is 2. The van der Waals surface area contributed by atoms with Crippen molar-refractivity contribution in [2.45, 2.75) is 12.5 Å². The van der Waals surface area contributed by atoms with Crippen LogP contribution in [-0.4, -0.2) is 11.7 Å². The number of nitrogens with two attached hydrogens (primary N) is 1. The molecule has 0 aliphatic carbocycles. The summed E-state index contributed by atoms with van der Waals surface area (Å²) in [5, 5.41) is 11.3. The lowest BCUT2D eigenvalue weighted by Gasteiger charge is -2.13. The molecule has 0 saturated carbocycles. The molecule has 0 saturated heterocycles. The second-order valence-electron chi connectivity index (χ2n) is 3.69. The maximum Gasteiger partial charge on any atom is 0.0449 e. The van der Waals surface area contributed by atoms with Crippen molar-refractivity contribution in [1.82, 2.24) is 0 Å². The van der Waals surface area contributed by atoms with Crippen LogP contribution in [0.15, 0.2) is 42.5 Å². The molecule has 0 heterocycles. The van der Waals surface area contributed by atoms with Crippen molar-refractivity contribution in [3.8, 4) is 0 Å². The van der Waals surface area contributed by atoms with Gasteiger partial charge in [-0.1, -0.05) is 42.5 Å². The van der Waals surface area contributed by atoms with Crippen LogP contribution in [0, 0.1) is 0 Å². The molecule has 2 rings (SSSR count). The Bertz CT molecular complexity index is 448. The predicted molar refractivity (Wildman–Crippen MR) is 62.6 cm³/mol. The van der Waals surface area contributed by atoms with Crippen molar-refractivity contribution < 1.29 is 5.11 Å². The largest absolute Gasteiger partial charge is 0.396 e. The van der Waals surface area contributed by atoms with Crippen LogP contribution in [0.25, 0.3) is 10.8 Å². The van der Waals surface area contributed by atoms with Gasteiger partial charge in [-0.05, 0) is 22.8 Å². The fourth-order valence-corrected chi connectivity index (χ4v) is 1.87. The standard InChI is InChI=1S/C13H15NO/c14-13(8-9-15)12-7-3-5-10-4-1-2-6-11(10)12/h1-7,13,15H,8-9,14H2/t13-/m1/s1. The van der Waals surface area contributed by atoms with Gasteiger partial charge in [0.1, 0.15) is 0 Å². The fourth-order valence-electron chi connectivity index (χ4n) is 1.87. The third-order valence-electron chi connectivity index (χ3n) is 2.66. The molecule has 0 bridgehead atoms. The van der Waals surface area contributed by atoms with E-state index in [1.54, 1.807) is 0 Å². The van der Waals surface area contributed by atoms with E-state index in [4.69, 9.17) is 10.8 Å². The summed E-state index contributed by atoms with van der Waals surface area (Å²) in [6.45, 7) is 0.129. The van der Waals surface area contributed by atoms with Gasteiger partial charge < -0.3 is 10.8 Å². The minimum absolute atomic E-state index is 0.0823. The van der Waals surface area contributed by atoms with Crippen LogP contribution in [-0.2, 0) is 0 Å². The van der Waals surface area contributed by atoms with Gasteiger partial charge in [-0.15, -0.1) is 0 Å². The van der Waals surface area contributed by atoms with Gasteiger partial charge in [0.2, 0.25) is 0 Å². The lowest BCUT2D eigenvalue weighted by atomic mass is 9.98. The minimum atomic E-state index is -0.0823. The molecule has 2 nitrogen and oxygen atoms in total. The van der Waals surface area contributed by atoms with Crippen LogP contribution in [0.3, 0.4) is 0 Å². The molecule has 0 amide bonds. The van der Waals surface area contributed by atoms with Crippen LogP contribution in [0.5, 0.6) is 0 Å². The highest BCUT2D eigenvalue weighted by Gasteiger charge is 2.08. The van der Waals surface area contributed by atoms with Crippen molar-refractivity contribution in [3.63, 3.8) is 0 Å². The summed E-state index contributed by atoms with van der Waals surface area (Å²) in [5.41, 5.74) is 7.12. The highest BCUT2D eigenvalue weighted by molar-refractivity contribution is 5.86. The molecule has 0 aromatic heterocycles. The first kappa shape index (κ1) is 10.1. The topological polar surface area (TPSA) is 46.2 Å². The lowest BCUT2D eigenvalue weighted by Crippen LogP contribution is -2.12. The summed E-state index contributed by atoms with van der Waals surface area (Å²) in [5.74, 6) is 0. The van der Waals surface area contributed by atoms with Crippen molar-refractivity contribution in [2.24, 2.45) is 5.73 Å². The molecule has 15 heavy (non-hydrogen) atoms. The maximum atomic E-state index is 8.89. The Balaban J connectivity index is 2.50. The molecule has 0 fully saturated rings. The first-order valence-electron chi connectivity index (χ1n) is 5.17. The quantitative estimate of drug-likeness (QED) is 0.799. The second-order valence-corrected chi connectivity index (χ2v) is 3.69. The number of aliphatic hydroxyl groups excluding tert-OH is 1. The highest BCUT2D eigenvalue weighted by Crippen LogP contribution is 2.24. The Morgan fingerprint density at radius 3 is 2.60 bits per heavy atom. The van der Waals surface area contributed by atoms with E-state index in [0.29, 0.717) is 6.42 Å². The van der Waals surface area contributed by atoms with Crippen LogP contribution in [0.2, 0.25) is 0 Å². The van der Waals surface area contributed by atoms with Crippen LogP contribution in [0.1, 0.15) is 18.0 Å². The molecule has 0 spiro atoms. The van der Waals surface area contributed by atoms with Gasteiger partial charge in [0.15, 0.2) is 0 Å². The lowest BCUT2D eigenvalue weighted by molar-refractivity contribution is 0.277. The van der Waals surface area contributed by atoms with E-state index >= 15 is 0 Å². The normalized spacial score (nSPS) is 12.9. The molecule has 2 heteroatoms. The van der Waals surface area contributed by atoms with Crippen molar-refractivity contribution in [1.29, 1.82) is 0 Å². The minimum Gasteiger partial charge on any atom is -0.396 e. The average molecular weight is 201 g/mol. The second kappa shape index (κ2) is 4.43. The summed E-state index contributed by atoms with van der Waals surface area (Å²) in [6.07, 6.45) is 0.605. The molecular formula is C13H15NO. The first-order valence-corrected chi connectivity index (χ1v) is 5.17. The van der Waals surface area contributed by atoms with E-state index < -0.39 is 0 Å². The van der Waals surface area contributed by atoms with Crippen LogP contribution in [0.4, 0.5) is 0 Å². The molecule has 78 valence electrons. The zero-order chi connectivity index (χ0) is 10.7. The summed E-state index contributed by atoms with van der Waals surface area (Å²) in [6, 6.07) is 14.2. The molecule has 0 radical (unpaired) electrons. The molecule has 0 unspecified atom stereocenters. The Morgan fingerprint density at radius 1 is 1.07 bits per heavy atom. The Hall–Kier alpha value is -1.38. The number of fused-ring (bicyclic) bond motifs is 1. The van der Waals surface area contributed by atoms with Gasteiger partial charge >= 0.3 is 0 Å². The molecule has 1 atom stereocenters. The number of benzene rings is 2. The third kappa shape index (κ3) is 2.01. The summed E-state index contributed by atoms with van der Waals surface area (Å²) in [7, 11) is 0. The molecular weight excluding hydrogens is 186 g/mol. The number of rotatable bonds is 3. The SMILES string of the molecule is N[C@H](CCO)c1cccc2ccccc12. The number of aliphatic hydroxyl groups is 1. The van der Waals surface area contributed by atoms with E-state index in [2.05, 4.69) is 18.2 Å². The van der Waals surface area contributed by atoms with Gasteiger partial charge in [0.25, 0.3) is 0 Å². The highest BCUT2D eigenvalue weighted by atomic mass is 16.3. The Kier molecular flexibility index (Phi) is 2.99. The summed E-state index contributed by atoms with van der Waals surface area (Å²) in [4.78, 5) is 0. The van der Waals surface area contributed by atoms with Gasteiger partial charge in [0.05, 0.1) is 0 Å². The van der Waals surface area contributed by atoms with Gasteiger partial charge in [-0.2, -0.15) is 0 Å². The number of hydrogen-bond donors (Lipinski definition) is 2. The zero-order valence-electron chi connectivity index (χ0n) is 8.56. The van der Waals surface area contributed by atoms with Gasteiger partial charge in [-0.25, -0.2) is 0 Å². The summed E-state index contributed by atoms with van der Waals surface area (Å²) < 4.78 is 0. The van der Waals surface area contributed by atoms with Crippen molar-refractivity contribution >= 4 is 10.8 Å². The maximum absolute atomic E-state index is 8.89. The monoisotopic (exact) mass is 201 g/mol. The zero-order valence-corrected chi connectivity index (χ0v) is 8.56. The van der Waals surface area contributed by atoms with E-state index in [1.807, 2.05) is 24.3 Å². The van der Waals surface area contributed by atoms with Crippen molar-refractivity contribution in [3.05, 3.63) is 48.0 Å². The van der Waals surface area contributed by atoms with Crippen molar-refractivity contribution in [2.75, 3.05) is 6.61 Å². The van der Waals surface area contributed by atoms with Gasteiger partial charge in [0, 0.05) is 12.6 Å². The van der Waals surface area contributed by atoms with Crippen LogP contribution >= 0.6 is 0 Å². The van der Waals surface area contributed by atoms with Crippen LogP contribution < -0.4 is 5.73 Å². The Labute approximate surface area is 89.3 Å². The molecule has 0 aliphatic heterocycles. The predicted octanol–water partition coefficient (Wildman–Crippen LogP) is 2.22. The average Bonchev–Trinajstić information content (AvgIpc) is 2.28. The molecule has 0 aliphatic rings. The smallest absolute Gasteiger partial charge is 0.0449 e. The molecule has 2 aromatic rings. The van der Waals surface area contributed by atoms with E-state index in [9.17, 15) is 0 Å². The van der Waals surface area contributed by atoms with Gasteiger partial charge in [-0.3, -0.25) is 0 Å². The summed E-state index contributed by atoms with van der Waals surface area (Å²) >= 11 is 0. The fraction of sp³-hybridized carbons (Fsp3) is 0.231. The third-order valence-corrected chi connectivity index (χ3v) is 2.66.